The number of aryl methyl sites for hydroxylation is 2. The Hall–Kier alpha value is -1.31. The van der Waals surface area contributed by atoms with Crippen molar-refractivity contribution in [3.63, 3.8) is 0 Å². The molecule has 0 atom stereocenters. The molecular formula is C12H17NO. The van der Waals surface area contributed by atoms with Crippen molar-refractivity contribution in [2.24, 2.45) is 0 Å². The molecule has 14 heavy (non-hydrogen) atoms. The van der Waals surface area contributed by atoms with Crippen molar-refractivity contribution >= 4 is 11.5 Å². The SMILES string of the molecule is CCc1cc(N)c(CC(C)=O)cc1C. The second-order valence-corrected chi connectivity index (χ2v) is 3.71. The molecule has 0 aromatic heterocycles. The monoisotopic (exact) mass is 191 g/mol. The summed E-state index contributed by atoms with van der Waals surface area (Å²) in [5, 5.41) is 0. The highest BCUT2D eigenvalue weighted by molar-refractivity contribution is 5.80. The molecule has 0 aliphatic rings. The fraction of sp³-hybridized carbons (Fsp3) is 0.417. The molecule has 2 N–H and O–H groups in total. The van der Waals surface area contributed by atoms with E-state index in [9.17, 15) is 4.79 Å². The molecule has 0 saturated heterocycles. The van der Waals surface area contributed by atoms with Gasteiger partial charge < -0.3 is 5.73 Å². The predicted molar refractivity (Wildman–Crippen MR) is 59.4 cm³/mol. The Morgan fingerprint density at radius 3 is 2.50 bits per heavy atom. The Labute approximate surface area is 85.1 Å². The molecule has 0 heterocycles. The zero-order chi connectivity index (χ0) is 10.7. The minimum atomic E-state index is 0.153. The first-order valence-corrected chi connectivity index (χ1v) is 4.92. The first-order valence-electron chi connectivity index (χ1n) is 4.92. The topological polar surface area (TPSA) is 43.1 Å². The number of ketones is 1. The van der Waals surface area contributed by atoms with Crippen molar-refractivity contribution in [1.29, 1.82) is 0 Å². The van der Waals surface area contributed by atoms with Crippen LogP contribution >= 0.6 is 0 Å². The molecule has 0 aliphatic carbocycles. The standard InChI is InChI=1S/C12H17NO/c1-4-10-7-12(13)11(5-8(10)2)6-9(3)14/h5,7H,4,6,13H2,1-3H3. The van der Waals surface area contributed by atoms with Gasteiger partial charge in [0.15, 0.2) is 0 Å². The molecule has 76 valence electrons. The van der Waals surface area contributed by atoms with E-state index in [0.29, 0.717) is 6.42 Å². The highest BCUT2D eigenvalue weighted by Gasteiger charge is 2.05. The maximum absolute atomic E-state index is 11.0. The first-order chi connectivity index (χ1) is 6.54. The van der Waals surface area contributed by atoms with Crippen LogP contribution in [0.2, 0.25) is 0 Å². The molecule has 1 aromatic carbocycles. The quantitative estimate of drug-likeness (QED) is 0.745. The Morgan fingerprint density at radius 2 is 2.00 bits per heavy atom. The summed E-state index contributed by atoms with van der Waals surface area (Å²) in [5.41, 5.74) is 10.0. The third-order valence-electron chi connectivity index (χ3n) is 2.42. The number of benzene rings is 1. The van der Waals surface area contributed by atoms with E-state index in [4.69, 9.17) is 5.73 Å². The number of hydrogen-bond donors (Lipinski definition) is 1. The van der Waals surface area contributed by atoms with Gasteiger partial charge in [0.25, 0.3) is 0 Å². The van der Waals surface area contributed by atoms with Crippen molar-refractivity contribution in [1.82, 2.24) is 0 Å². The number of nitrogen functional groups attached to an aromatic ring is 1. The highest BCUT2D eigenvalue weighted by Crippen LogP contribution is 2.19. The van der Waals surface area contributed by atoms with Gasteiger partial charge in [-0.15, -0.1) is 0 Å². The second kappa shape index (κ2) is 4.27. The lowest BCUT2D eigenvalue weighted by Crippen LogP contribution is -2.03. The molecule has 0 unspecified atom stereocenters. The summed E-state index contributed by atoms with van der Waals surface area (Å²) in [7, 11) is 0. The Bertz CT molecular complexity index is 356. The zero-order valence-corrected chi connectivity index (χ0v) is 9.05. The van der Waals surface area contributed by atoms with Crippen LogP contribution in [0, 0.1) is 6.92 Å². The van der Waals surface area contributed by atoms with Gasteiger partial charge in [-0.25, -0.2) is 0 Å². The van der Waals surface area contributed by atoms with Crippen molar-refractivity contribution in [2.45, 2.75) is 33.6 Å². The third kappa shape index (κ3) is 2.34. The van der Waals surface area contributed by atoms with E-state index in [2.05, 4.69) is 13.8 Å². The van der Waals surface area contributed by atoms with Crippen LogP contribution in [-0.4, -0.2) is 5.78 Å². The molecular weight excluding hydrogens is 174 g/mol. The lowest BCUT2D eigenvalue weighted by Gasteiger charge is -2.09. The van der Waals surface area contributed by atoms with Gasteiger partial charge in [0.05, 0.1) is 0 Å². The van der Waals surface area contributed by atoms with Crippen LogP contribution in [0.1, 0.15) is 30.5 Å². The maximum Gasteiger partial charge on any atom is 0.134 e. The molecule has 0 radical (unpaired) electrons. The molecule has 0 bridgehead atoms. The number of rotatable bonds is 3. The van der Waals surface area contributed by atoms with E-state index < -0.39 is 0 Å². The molecule has 0 aliphatic heterocycles. The Kier molecular flexibility index (Phi) is 3.28. The van der Waals surface area contributed by atoms with Gasteiger partial charge >= 0.3 is 0 Å². The fourth-order valence-corrected chi connectivity index (χ4v) is 1.63. The van der Waals surface area contributed by atoms with Gasteiger partial charge in [-0.1, -0.05) is 13.0 Å². The number of Topliss-reactive ketones (excluding diaryl/α,β-unsaturated/α-hetero) is 1. The molecule has 0 spiro atoms. The number of hydrogen-bond acceptors (Lipinski definition) is 2. The number of carbonyl (C=O) groups is 1. The number of nitrogens with two attached hydrogens (primary N) is 1. The molecule has 1 rings (SSSR count). The van der Waals surface area contributed by atoms with E-state index in [-0.39, 0.29) is 5.78 Å². The van der Waals surface area contributed by atoms with Crippen molar-refractivity contribution in [3.8, 4) is 0 Å². The largest absolute Gasteiger partial charge is 0.398 e. The molecule has 2 heteroatoms. The molecule has 0 amide bonds. The van der Waals surface area contributed by atoms with Crippen LogP contribution in [-0.2, 0) is 17.6 Å². The van der Waals surface area contributed by atoms with E-state index in [1.165, 1.54) is 11.1 Å². The average molecular weight is 191 g/mol. The van der Waals surface area contributed by atoms with E-state index >= 15 is 0 Å². The van der Waals surface area contributed by atoms with Gasteiger partial charge in [0, 0.05) is 12.1 Å². The first kappa shape index (κ1) is 10.8. The summed E-state index contributed by atoms with van der Waals surface area (Å²) >= 11 is 0. The Morgan fingerprint density at radius 1 is 1.36 bits per heavy atom. The highest BCUT2D eigenvalue weighted by atomic mass is 16.1. The van der Waals surface area contributed by atoms with Gasteiger partial charge in [-0.05, 0) is 43.0 Å². The molecule has 1 aromatic rings. The van der Waals surface area contributed by atoms with Gasteiger partial charge in [-0.2, -0.15) is 0 Å². The molecule has 2 nitrogen and oxygen atoms in total. The van der Waals surface area contributed by atoms with Gasteiger partial charge in [0.1, 0.15) is 5.78 Å². The van der Waals surface area contributed by atoms with Crippen LogP contribution in [0.4, 0.5) is 5.69 Å². The molecule has 0 saturated carbocycles. The third-order valence-corrected chi connectivity index (χ3v) is 2.42. The summed E-state index contributed by atoms with van der Waals surface area (Å²) < 4.78 is 0. The second-order valence-electron chi connectivity index (χ2n) is 3.71. The van der Waals surface area contributed by atoms with Crippen molar-refractivity contribution in [2.75, 3.05) is 5.73 Å². The molecule has 0 fully saturated rings. The number of carbonyl (C=O) groups excluding carboxylic acids is 1. The van der Waals surface area contributed by atoms with Crippen LogP contribution in [0.15, 0.2) is 12.1 Å². The number of anilines is 1. The van der Waals surface area contributed by atoms with Crippen LogP contribution < -0.4 is 5.73 Å². The van der Waals surface area contributed by atoms with E-state index in [1.807, 2.05) is 12.1 Å². The van der Waals surface area contributed by atoms with E-state index in [1.54, 1.807) is 6.92 Å². The van der Waals surface area contributed by atoms with Crippen LogP contribution in [0.5, 0.6) is 0 Å². The summed E-state index contributed by atoms with van der Waals surface area (Å²) in [6, 6.07) is 4.00. The summed E-state index contributed by atoms with van der Waals surface area (Å²) in [6.07, 6.45) is 1.42. The van der Waals surface area contributed by atoms with Gasteiger partial charge in [0.2, 0.25) is 0 Å². The van der Waals surface area contributed by atoms with Crippen molar-refractivity contribution in [3.05, 3.63) is 28.8 Å². The lowest BCUT2D eigenvalue weighted by molar-refractivity contribution is -0.116. The lowest BCUT2D eigenvalue weighted by atomic mass is 9.99. The Balaban J connectivity index is 3.08. The van der Waals surface area contributed by atoms with Gasteiger partial charge in [-0.3, -0.25) is 4.79 Å². The summed E-state index contributed by atoms with van der Waals surface area (Å²) in [4.78, 5) is 11.0. The van der Waals surface area contributed by atoms with Crippen LogP contribution in [0.3, 0.4) is 0 Å². The average Bonchev–Trinajstić information content (AvgIpc) is 2.10. The normalized spacial score (nSPS) is 10.2. The minimum Gasteiger partial charge on any atom is -0.398 e. The minimum absolute atomic E-state index is 0.153. The maximum atomic E-state index is 11.0. The summed E-state index contributed by atoms with van der Waals surface area (Å²) in [5.74, 6) is 0.153. The fourth-order valence-electron chi connectivity index (χ4n) is 1.63. The predicted octanol–water partition coefficient (Wildman–Crippen LogP) is 2.27. The van der Waals surface area contributed by atoms with Crippen molar-refractivity contribution < 1.29 is 4.79 Å². The zero-order valence-electron chi connectivity index (χ0n) is 9.05. The van der Waals surface area contributed by atoms with Crippen LogP contribution in [0.25, 0.3) is 0 Å². The summed E-state index contributed by atoms with van der Waals surface area (Å²) in [6.45, 7) is 5.75. The smallest absolute Gasteiger partial charge is 0.134 e. The van der Waals surface area contributed by atoms with E-state index in [0.717, 1.165) is 17.7 Å².